The van der Waals surface area contributed by atoms with Gasteiger partial charge in [0.05, 0.1) is 0 Å². The molecule has 1 aliphatic rings. The van der Waals surface area contributed by atoms with Gasteiger partial charge in [-0.1, -0.05) is 67.8 Å². The van der Waals surface area contributed by atoms with Crippen molar-refractivity contribution >= 4 is 15.9 Å². The molecule has 0 saturated heterocycles. The molecule has 0 bridgehead atoms. The van der Waals surface area contributed by atoms with E-state index < -0.39 is 0 Å². The van der Waals surface area contributed by atoms with Crippen LogP contribution in [0.3, 0.4) is 0 Å². The number of nitrogens with zero attached hydrogens (tertiary/aromatic N) is 1. The summed E-state index contributed by atoms with van der Waals surface area (Å²) in [6.07, 6.45) is 14.4. The number of hydrogen-bond donors (Lipinski definition) is 0. The molecule has 0 heterocycles. The van der Waals surface area contributed by atoms with Crippen molar-refractivity contribution in [1.29, 1.82) is 0 Å². The summed E-state index contributed by atoms with van der Waals surface area (Å²) in [5.74, 6) is 0. The van der Waals surface area contributed by atoms with Crippen molar-refractivity contribution in [2.45, 2.75) is 77.2 Å². The minimum Gasteiger partial charge on any atom is -0.300 e. The third kappa shape index (κ3) is 8.20. The van der Waals surface area contributed by atoms with Gasteiger partial charge < -0.3 is 0 Å². The van der Waals surface area contributed by atoms with E-state index in [0.29, 0.717) is 0 Å². The van der Waals surface area contributed by atoms with E-state index in [1.54, 1.807) is 0 Å². The van der Waals surface area contributed by atoms with Crippen molar-refractivity contribution in [3.8, 4) is 0 Å². The molecule has 0 aliphatic heterocycles. The van der Waals surface area contributed by atoms with Crippen LogP contribution >= 0.6 is 15.9 Å². The molecule has 0 radical (unpaired) electrons. The van der Waals surface area contributed by atoms with Gasteiger partial charge in [0.1, 0.15) is 0 Å². The van der Waals surface area contributed by atoms with Crippen LogP contribution in [0.5, 0.6) is 0 Å². The standard InChI is InChI=1S/C15H30BrN/c1-2-3-4-5-6-7-8-9-13-17(14-12-16)15-10-11-15/h15H,2-14H2,1H3. The van der Waals surface area contributed by atoms with Crippen LogP contribution in [0.1, 0.15) is 71.1 Å². The lowest BCUT2D eigenvalue weighted by Crippen LogP contribution is -2.29. The SMILES string of the molecule is CCCCCCCCCCN(CCBr)C1CC1. The van der Waals surface area contributed by atoms with E-state index in [-0.39, 0.29) is 0 Å². The summed E-state index contributed by atoms with van der Waals surface area (Å²) >= 11 is 3.56. The topological polar surface area (TPSA) is 3.24 Å². The fourth-order valence-electron chi connectivity index (χ4n) is 2.47. The predicted molar refractivity (Wildman–Crippen MR) is 81.0 cm³/mol. The highest BCUT2D eigenvalue weighted by molar-refractivity contribution is 9.09. The molecule has 1 saturated carbocycles. The zero-order chi connectivity index (χ0) is 12.3. The van der Waals surface area contributed by atoms with Crippen molar-refractivity contribution < 1.29 is 0 Å². The Hall–Kier alpha value is 0.440. The fourth-order valence-corrected chi connectivity index (χ4v) is 2.93. The van der Waals surface area contributed by atoms with Crippen molar-refractivity contribution in [2.24, 2.45) is 0 Å². The Morgan fingerprint density at radius 3 is 2.00 bits per heavy atom. The number of alkyl halides is 1. The van der Waals surface area contributed by atoms with Crippen LogP contribution in [0.15, 0.2) is 0 Å². The van der Waals surface area contributed by atoms with E-state index in [1.807, 2.05) is 0 Å². The van der Waals surface area contributed by atoms with Crippen LogP contribution in [-0.2, 0) is 0 Å². The second kappa shape index (κ2) is 10.4. The van der Waals surface area contributed by atoms with Gasteiger partial charge in [-0.3, -0.25) is 4.90 Å². The average Bonchev–Trinajstić information content (AvgIpc) is 3.15. The van der Waals surface area contributed by atoms with E-state index in [1.165, 1.54) is 77.3 Å². The molecule has 102 valence electrons. The predicted octanol–water partition coefficient (Wildman–Crippen LogP) is 4.99. The molecule has 1 fully saturated rings. The van der Waals surface area contributed by atoms with Gasteiger partial charge in [-0.2, -0.15) is 0 Å². The molecule has 0 aromatic rings. The van der Waals surface area contributed by atoms with Gasteiger partial charge in [-0.05, 0) is 25.8 Å². The molecule has 1 rings (SSSR count). The van der Waals surface area contributed by atoms with Crippen LogP contribution < -0.4 is 0 Å². The van der Waals surface area contributed by atoms with Crippen LogP contribution in [0.4, 0.5) is 0 Å². The fraction of sp³-hybridized carbons (Fsp3) is 1.00. The lowest BCUT2D eigenvalue weighted by molar-refractivity contribution is 0.273. The quantitative estimate of drug-likeness (QED) is 0.363. The molecular formula is C15H30BrN. The molecule has 0 aromatic heterocycles. The van der Waals surface area contributed by atoms with E-state index in [9.17, 15) is 0 Å². The Bertz CT molecular complexity index is 168. The molecule has 0 amide bonds. The third-order valence-corrected chi connectivity index (χ3v) is 4.09. The Morgan fingerprint density at radius 2 is 1.47 bits per heavy atom. The Balaban J connectivity index is 1.85. The molecule has 0 aromatic carbocycles. The van der Waals surface area contributed by atoms with Crippen LogP contribution in [0.25, 0.3) is 0 Å². The van der Waals surface area contributed by atoms with Crippen molar-refractivity contribution in [3.05, 3.63) is 0 Å². The molecule has 0 N–H and O–H groups in total. The first kappa shape index (κ1) is 15.5. The highest BCUT2D eigenvalue weighted by Gasteiger charge is 2.27. The smallest absolute Gasteiger partial charge is 0.0159 e. The number of halogens is 1. The molecule has 0 spiro atoms. The lowest BCUT2D eigenvalue weighted by atomic mass is 10.1. The van der Waals surface area contributed by atoms with Gasteiger partial charge >= 0.3 is 0 Å². The summed E-state index contributed by atoms with van der Waals surface area (Å²) in [6.45, 7) is 4.88. The highest BCUT2D eigenvalue weighted by atomic mass is 79.9. The van der Waals surface area contributed by atoms with Gasteiger partial charge in [0.15, 0.2) is 0 Å². The number of hydrogen-bond acceptors (Lipinski definition) is 1. The second-order valence-corrected chi connectivity index (χ2v) is 6.22. The molecule has 0 unspecified atom stereocenters. The molecule has 17 heavy (non-hydrogen) atoms. The first-order chi connectivity index (χ1) is 8.38. The Morgan fingerprint density at radius 1 is 0.882 bits per heavy atom. The second-order valence-electron chi connectivity index (χ2n) is 5.43. The maximum Gasteiger partial charge on any atom is 0.0159 e. The summed E-state index contributed by atoms with van der Waals surface area (Å²) in [4.78, 5) is 2.69. The minimum absolute atomic E-state index is 0.942. The third-order valence-electron chi connectivity index (χ3n) is 3.73. The van der Waals surface area contributed by atoms with E-state index in [4.69, 9.17) is 0 Å². The Kier molecular flexibility index (Phi) is 9.45. The van der Waals surface area contributed by atoms with E-state index in [2.05, 4.69) is 27.8 Å². The molecular weight excluding hydrogens is 274 g/mol. The Labute approximate surface area is 116 Å². The normalized spacial score (nSPS) is 15.7. The lowest BCUT2D eigenvalue weighted by Gasteiger charge is -2.20. The van der Waals surface area contributed by atoms with E-state index >= 15 is 0 Å². The van der Waals surface area contributed by atoms with Crippen LogP contribution in [0, 0.1) is 0 Å². The summed E-state index contributed by atoms with van der Waals surface area (Å²) in [6, 6.07) is 0.942. The van der Waals surface area contributed by atoms with E-state index in [0.717, 1.165) is 11.4 Å². The van der Waals surface area contributed by atoms with Crippen molar-refractivity contribution in [2.75, 3.05) is 18.4 Å². The van der Waals surface area contributed by atoms with Crippen LogP contribution in [-0.4, -0.2) is 29.4 Å². The molecule has 1 nitrogen and oxygen atoms in total. The molecule has 2 heteroatoms. The van der Waals surface area contributed by atoms with Crippen molar-refractivity contribution in [1.82, 2.24) is 4.90 Å². The van der Waals surface area contributed by atoms with Crippen molar-refractivity contribution in [3.63, 3.8) is 0 Å². The van der Waals surface area contributed by atoms with Gasteiger partial charge in [0.2, 0.25) is 0 Å². The molecule has 0 atom stereocenters. The number of rotatable bonds is 12. The zero-order valence-corrected chi connectivity index (χ0v) is 13.2. The first-order valence-electron chi connectivity index (χ1n) is 7.68. The summed E-state index contributed by atoms with van der Waals surface area (Å²) < 4.78 is 0. The summed E-state index contributed by atoms with van der Waals surface area (Å²) in [7, 11) is 0. The zero-order valence-electron chi connectivity index (χ0n) is 11.6. The van der Waals surface area contributed by atoms with Gasteiger partial charge in [0, 0.05) is 17.9 Å². The first-order valence-corrected chi connectivity index (χ1v) is 8.80. The molecule has 1 aliphatic carbocycles. The van der Waals surface area contributed by atoms with Gasteiger partial charge in [-0.25, -0.2) is 0 Å². The highest BCUT2D eigenvalue weighted by Crippen LogP contribution is 2.27. The summed E-state index contributed by atoms with van der Waals surface area (Å²) in [5.41, 5.74) is 0. The minimum atomic E-state index is 0.942. The van der Waals surface area contributed by atoms with Gasteiger partial charge in [-0.15, -0.1) is 0 Å². The van der Waals surface area contributed by atoms with Crippen LogP contribution in [0.2, 0.25) is 0 Å². The largest absolute Gasteiger partial charge is 0.300 e. The summed E-state index contributed by atoms with van der Waals surface area (Å²) in [5, 5.41) is 1.14. The maximum atomic E-state index is 3.56. The number of unbranched alkanes of at least 4 members (excludes halogenated alkanes) is 7. The average molecular weight is 304 g/mol. The maximum absolute atomic E-state index is 3.56. The monoisotopic (exact) mass is 303 g/mol. The van der Waals surface area contributed by atoms with Gasteiger partial charge in [0.25, 0.3) is 0 Å².